The van der Waals surface area contributed by atoms with Crippen molar-refractivity contribution < 1.29 is 0 Å². The zero-order valence-corrected chi connectivity index (χ0v) is 19.5. The van der Waals surface area contributed by atoms with Gasteiger partial charge in [0.1, 0.15) is 0 Å². The molecule has 0 aliphatic heterocycles. The summed E-state index contributed by atoms with van der Waals surface area (Å²) in [6.45, 7) is 6.95. The highest BCUT2D eigenvalue weighted by atomic mass is 15.5. The van der Waals surface area contributed by atoms with E-state index in [9.17, 15) is 0 Å². The molecule has 0 aliphatic carbocycles. The maximum absolute atomic E-state index is 3.57. The van der Waals surface area contributed by atoms with Crippen molar-refractivity contribution in [3.8, 4) is 0 Å². The molecule has 0 saturated heterocycles. The topological polar surface area (TPSA) is 15.3 Å². The van der Waals surface area contributed by atoms with Crippen molar-refractivity contribution in [3.05, 3.63) is 0 Å². The van der Waals surface area contributed by atoms with Crippen LogP contribution in [0.15, 0.2) is 0 Å². The zero-order chi connectivity index (χ0) is 19.8. The van der Waals surface area contributed by atoms with Gasteiger partial charge in [-0.05, 0) is 12.8 Å². The van der Waals surface area contributed by atoms with Gasteiger partial charge < -0.3 is 0 Å². The molecule has 0 heterocycles. The molecule has 164 valence electrons. The fourth-order valence-electron chi connectivity index (χ4n) is 3.80. The molecule has 0 bridgehead atoms. The molecule has 1 N–H and O–H groups in total. The summed E-state index contributed by atoms with van der Waals surface area (Å²) in [5.41, 5.74) is 3.57. The summed E-state index contributed by atoms with van der Waals surface area (Å²) >= 11 is 0. The first kappa shape index (κ1) is 26.9. The van der Waals surface area contributed by atoms with Crippen molar-refractivity contribution in [2.45, 2.75) is 142 Å². The Bertz CT molecular complexity index is 255. The largest absolute Gasteiger partial charge is 0.255 e. The summed E-state index contributed by atoms with van der Waals surface area (Å²) in [6.07, 6.45) is 28.4. The molecule has 0 radical (unpaired) electrons. The number of hydrogen-bond acceptors (Lipinski definition) is 2. The molecule has 0 unspecified atom stereocenters. The van der Waals surface area contributed by atoms with Gasteiger partial charge in [0, 0.05) is 20.1 Å². The second kappa shape index (κ2) is 24.0. The molecule has 0 amide bonds. The number of rotatable bonds is 23. The van der Waals surface area contributed by atoms with Gasteiger partial charge in [-0.25, -0.2) is 5.01 Å². The van der Waals surface area contributed by atoms with Crippen molar-refractivity contribution in [1.82, 2.24) is 10.4 Å². The first-order valence-electron chi connectivity index (χ1n) is 12.8. The van der Waals surface area contributed by atoms with Gasteiger partial charge in [0.2, 0.25) is 0 Å². The van der Waals surface area contributed by atoms with Crippen LogP contribution in [0.5, 0.6) is 0 Å². The van der Waals surface area contributed by atoms with Crippen molar-refractivity contribution in [3.63, 3.8) is 0 Å². The van der Waals surface area contributed by atoms with E-state index in [4.69, 9.17) is 0 Å². The highest BCUT2D eigenvalue weighted by Gasteiger charge is 1.98. The molecule has 0 aromatic heterocycles. The SMILES string of the molecule is CCCCCCCCCCCCNN(C)CCCCCCCCCCCC. The van der Waals surface area contributed by atoms with Crippen LogP contribution in [0.1, 0.15) is 142 Å². The molecule has 2 nitrogen and oxygen atoms in total. The molecule has 0 saturated carbocycles. The minimum atomic E-state index is 1.16. The van der Waals surface area contributed by atoms with Crippen molar-refractivity contribution >= 4 is 0 Å². The maximum atomic E-state index is 3.57. The summed E-state index contributed by atoms with van der Waals surface area (Å²) in [7, 11) is 2.21. The number of nitrogens with zero attached hydrogens (tertiary/aromatic N) is 1. The normalized spacial score (nSPS) is 11.6. The van der Waals surface area contributed by atoms with E-state index in [0.717, 1.165) is 6.54 Å². The molecule has 0 atom stereocenters. The minimum absolute atomic E-state index is 1.16. The number of nitrogens with one attached hydrogen (secondary N) is 1. The van der Waals surface area contributed by atoms with Crippen molar-refractivity contribution in [1.29, 1.82) is 0 Å². The van der Waals surface area contributed by atoms with Gasteiger partial charge in [0.05, 0.1) is 0 Å². The molecule has 0 aliphatic rings. The van der Waals surface area contributed by atoms with Gasteiger partial charge in [-0.15, -0.1) is 0 Å². The van der Waals surface area contributed by atoms with Crippen molar-refractivity contribution in [2.24, 2.45) is 0 Å². The van der Waals surface area contributed by atoms with Crippen LogP contribution in [-0.2, 0) is 0 Å². The van der Waals surface area contributed by atoms with Crippen LogP contribution in [0, 0.1) is 0 Å². The summed E-state index contributed by atoms with van der Waals surface area (Å²) in [5, 5.41) is 2.32. The van der Waals surface area contributed by atoms with Crippen LogP contribution in [0.2, 0.25) is 0 Å². The quantitative estimate of drug-likeness (QED) is 0.141. The average Bonchev–Trinajstić information content (AvgIpc) is 2.67. The number of hydrazine groups is 1. The van der Waals surface area contributed by atoms with Gasteiger partial charge in [-0.1, -0.05) is 129 Å². The number of hydrogen-bond donors (Lipinski definition) is 1. The summed E-state index contributed by atoms with van der Waals surface area (Å²) in [5.74, 6) is 0. The third kappa shape index (κ3) is 23.9. The van der Waals surface area contributed by atoms with Gasteiger partial charge in [-0.3, -0.25) is 5.43 Å². The lowest BCUT2D eigenvalue weighted by atomic mass is 10.1. The molecule has 0 rings (SSSR count). The minimum Gasteiger partial charge on any atom is -0.255 e. The molecule has 0 spiro atoms. The second-order valence-corrected chi connectivity index (χ2v) is 8.69. The van der Waals surface area contributed by atoms with Crippen LogP contribution in [0.25, 0.3) is 0 Å². The standard InChI is InChI=1S/C25H54N2/c1-4-6-8-10-12-14-16-18-20-22-24-26-27(3)25-23-21-19-17-15-13-11-9-7-5-2/h26H,4-25H2,1-3H3. The van der Waals surface area contributed by atoms with Crippen molar-refractivity contribution in [2.75, 3.05) is 20.1 Å². The molecule has 27 heavy (non-hydrogen) atoms. The first-order valence-corrected chi connectivity index (χ1v) is 12.8. The van der Waals surface area contributed by atoms with Gasteiger partial charge in [-0.2, -0.15) is 0 Å². The van der Waals surface area contributed by atoms with Crippen LogP contribution in [0.4, 0.5) is 0 Å². The van der Waals surface area contributed by atoms with Crippen LogP contribution in [0.3, 0.4) is 0 Å². The van der Waals surface area contributed by atoms with E-state index in [0.29, 0.717) is 0 Å². The predicted molar refractivity (Wildman–Crippen MR) is 124 cm³/mol. The third-order valence-electron chi connectivity index (χ3n) is 5.76. The Morgan fingerprint density at radius 1 is 0.444 bits per heavy atom. The van der Waals surface area contributed by atoms with Crippen LogP contribution < -0.4 is 5.43 Å². The fourth-order valence-corrected chi connectivity index (χ4v) is 3.80. The zero-order valence-electron chi connectivity index (χ0n) is 19.5. The Morgan fingerprint density at radius 3 is 1.19 bits per heavy atom. The van der Waals surface area contributed by atoms with E-state index >= 15 is 0 Å². The van der Waals surface area contributed by atoms with E-state index in [1.807, 2.05) is 0 Å². The molecule has 0 aromatic carbocycles. The molecular weight excluding hydrogens is 328 g/mol. The Labute approximate surface area is 173 Å². The smallest absolute Gasteiger partial charge is 0.0127 e. The lowest BCUT2D eigenvalue weighted by molar-refractivity contribution is 0.227. The van der Waals surface area contributed by atoms with Gasteiger partial charge >= 0.3 is 0 Å². The third-order valence-corrected chi connectivity index (χ3v) is 5.76. The average molecular weight is 383 g/mol. The van der Waals surface area contributed by atoms with Crippen LogP contribution in [-0.4, -0.2) is 25.1 Å². The lowest BCUT2D eigenvalue weighted by Crippen LogP contribution is -2.35. The predicted octanol–water partition coefficient (Wildman–Crippen LogP) is 8.26. The molecule has 2 heteroatoms. The van der Waals surface area contributed by atoms with Gasteiger partial charge in [0.15, 0.2) is 0 Å². The van der Waals surface area contributed by atoms with E-state index < -0.39 is 0 Å². The Hall–Kier alpha value is -0.0800. The summed E-state index contributed by atoms with van der Waals surface area (Å²) < 4.78 is 0. The van der Waals surface area contributed by atoms with E-state index in [1.54, 1.807) is 0 Å². The second-order valence-electron chi connectivity index (χ2n) is 8.69. The highest BCUT2D eigenvalue weighted by molar-refractivity contribution is 4.52. The Balaban J connectivity index is 3.12. The van der Waals surface area contributed by atoms with E-state index in [2.05, 4.69) is 31.3 Å². The Morgan fingerprint density at radius 2 is 0.778 bits per heavy atom. The summed E-state index contributed by atoms with van der Waals surface area (Å²) in [4.78, 5) is 0. The Kier molecular flexibility index (Phi) is 23.9. The van der Waals surface area contributed by atoms with E-state index in [1.165, 1.54) is 135 Å². The molecule has 0 aromatic rings. The van der Waals surface area contributed by atoms with E-state index in [-0.39, 0.29) is 0 Å². The maximum Gasteiger partial charge on any atom is 0.0127 e. The molecular formula is C25H54N2. The van der Waals surface area contributed by atoms with Gasteiger partial charge in [0.25, 0.3) is 0 Å². The highest BCUT2D eigenvalue weighted by Crippen LogP contribution is 2.11. The lowest BCUT2D eigenvalue weighted by Gasteiger charge is -2.18. The van der Waals surface area contributed by atoms with Crippen LogP contribution >= 0.6 is 0 Å². The summed E-state index contributed by atoms with van der Waals surface area (Å²) in [6, 6.07) is 0. The first-order chi connectivity index (χ1) is 13.3. The monoisotopic (exact) mass is 382 g/mol. The fraction of sp³-hybridized carbons (Fsp3) is 1.00. The number of unbranched alkanes of at least 4 members (excludes halogenated alkanes) is 18. The molecule has 0 fully saturated rings.